The quantitative estimate of drug-likeness (QED) is 0.888. The fourth-order valence-electron chi connectivity index (χ4n) is 1.80. The molecule has 1 atom stereocenters. The molecule has 0 bridgehead atoms. The van der Waals surface area contributed by atoms with Crippen LogP contribution in [-0.2, 0) is 14.8 Å². The third-order valence-electron chi connectivity index (χ3n) is 2.80. The molecule has 0 aliphatic carbocycles. The van der Waals surface area contributed by atoms with Gasteiger partial charge in [-0.2, -0.15) is 4.31 Å². The van der Waals surface area contributed by atoms with Crippen molar-refractivity contribution >= 4 is 31.9 Å². The Labute approximate surface area is 113 Å². The van der Waals surface area contributed by atoms with Crippen LogP contribution in [0.3, 0.4) is 0 Å². The van der Waals surface area contributed by atoms with E-state index in [4.69, 9.17) is 5.11 Å². The molecule has 2 heterocycles. The van der Waals surface area contributed by atoms with Crippen molar-refractivity contribution in [1.82, 2.24) is 9.29 Å². The van der Waals surface area contributed by atoms with Crippen molar-refractivity contribution in [3.05, 3.63) is 22.8 Å². The summed E-state index contributed by atoms with van der Waals surface area (Å²) >= 11 is 3.18. The first-order chi connectivity index (χ1) is 8.41. The number of aromatic nitrogens is 1. The van der Waals surface area contributed by atoms with Gasteiger partial charge >= 0.3 is 5.97 Å². The summed E-state index contributed by atoms with van der Waals surface area (Å²) in [6.45, 7) is 0.229. The van der Waals surface area contributed by atoms with E-state index in [9.17, 15) is 13.2 Å². The lowest BCUT2D eigenvalue weighted by Crippen LogP contribution is -2.30. The van der Waals surface area contributed by atoms with Gasteiger partial charge in [0, 0.05) is 23.8 Å². The van der Waals surface area contributed by atoms with Crippen molar-refractivity contribution in [2.75, 3.05) is 13.1 Å². The number of halogens is 1. The van der Waals surface area contributed by atoms with Crippen molar-refractivity contribution in [2.45, 2.75) is 11.4 Å². The average molecular weight is 335 g/mol. The highest BCUT2D eigenvalue weighted by Gasteiger charge is 2.36. The summed E-state index contributed by atoms with van der Waals surface area (Å²) in [7, 11) is -3.68. The molecule has 2 rings (SSSR count). The van der Waals surface area contributed by atoms with Gasteiger partial charge < -0.3 is 5.11 Å². The van der Waals surface area contributed by atoms with Gasteiger partial charge in [-0.1, -0.05) is 0 Å². The predicted molar refractivity (Wildman–Crippen MR) is 66.4 cm³/mol. The van der Waals surface area contributed by atoms with Gasteiger partial charge in [0.15, 0.2) is 5.03 Å². The second kappa shape index (κ2) is 4.94. The summed E-state index contributed by atoms with van der Waals surface area (Å²) in [5.41, 5.74) is 0. The van der Waals surface area contributed by atoms with Crippen molar-refractivity contribution < 1.29 is 18.3 Å². The minimum Gasteiger partial charge on any atom is -0.481 e. The summed E-state index contributed by atoms with van der Waals surface area (Å²) in [4.78, 5) is 14.7. The molecule has 6 nitrogen and oxygen atoms in total. The van der Waals surface area contributed by atoms with Crippen LogP contribution in [0.25, 0.3) is 0 Å². The van der Waals surface area contributed by atoms with Crippen LogP contribution in [0, 0.1) is 5.92 Å². The van der Waals surface area contributed by atoms with Gasteiger partial charge in [0.2, 0.25) is 0 Å². The third-order valence-corrected chi connectivity index (χ3v) is 5.06. The monoisotopic (exact) mass is 334 g/mol. The molecule has 0 spiro atoms. The van der Waals surface area contributed by atoms with Crippen LogP contribution in [0.1, 0.15) is 6.42 Å². The summed E-state index contributed by atoms with van der Waals surface area (Å²) in [6.07, 6.45) is 1.74. The topological polar surface area (TPSA) is 87.6 Å². The van der Waals surface area contributed by atoms with Crippen LogP contribution in [0.5, 0.6) is 0 Å². The number of carboxylic acid groups (broad SMARTS) is 1. The van der Waals surface area contributed by atoms with Crippen molar-refractivity contribution in [1.29, 1.82) is 0 Å². The maximum atomic E-state index is 12.2. The van der Waals surface area contributed by atoms with E-state index in [1.807, 2.05) is 0 Å². The van der Waals surface area contributed by atoms with Gasteiger partial charge in [-0.15, -0.1) is 0 Å². The first-order valence-electron chi connectivity index (χ1n) is 5.26. The molecule has 1 saturated heterocycles. The number of aliphatic carboxylic acids is 1. The van der Waals surface area contributed by atoms with E-state index in [2.05, 4.69) is 20.9 Å². The molecular weight excluding hydrogens is 324 g/mol. The molecule has 8 heteroatoms. The van der Waals surface area contributed by atoms with Crippen LogP contribution in [0.4, 0.5) is 0 Å². The second-order valence-corrected chi connectivity index (χ2v) is 6.80. The fraction of sp³-hybridized carbons (Fsp3) is 0.400. The van der Waals surface area contributed by atoms with Gasteiger partial charge in [-0.3, -0.25) is 4.79 Å². The standard InChI is InChI=1S/C10H11BrN2O4S/c11-8-1-2-9(12-5-8)18(16,17)13-4-3-7(6-13)10(14)15/h1-2,5,7H,3-4,6H2,(H,14,15). The Balaban J connectivity index is 2.22. The van der Waals surface area contributed by atoms with Crippen LogP contribution in [0.15, 0.2) is 27.8 Å². The molecule has 1 N–H and O–H groups in total. The Morgan fingerprint density at radius 3 is 2.72 bits per heavy atom. The van der Waals surface area contributed by atoms with Gasteiger partial charge in [0.05, 0.1) is 5.92 Å². The van der Waals surface area contributed by atoms with Crippen LogP contribution >= 0.6 is 15.9 Å². The number of hydrogen-bond acceptors (Lipinski definition) is 4. The molecule has 1 aliphatic rings. The molecule has 98 valence electrons. The summed E-state index contributed by atoms with van der Waals surface area (Å²) in [6, 6.07) is 2.98. The number of sulfonamides is 1. The molecule has 0 radical (unpaired) electrons. The minimum absolute atomic E-state index is 0.00934. The van der Waals surface area contributed by atoms with Crippen LogP contribution < -0.4 is 0 Å². The lowest BCUT2D eigenvalue weighted by atomic mass is 10.1. The molecule has 1 aliphatic heterocycles. The van der Waals surface area contributed by atoms with E-state index in [1.54, 1.807) is 6.07 Å². The number of rotatable bonds is 3. The number of carbonyl (C=O) groups is 1. The number of carboxylic acids is 1. The molecule has 1 aromatic heterocycles. The van der Waals surface area contributed by atoms with E-state index in [0.717, 1.165) is 0 Å². The highest BCUT2D eigenvalue weighted by molar-refractivity contribution is 9.10. The minimum atomic E-state index is -3.68. The first-order valence-corrected chi connectivity index (χ1v) is 7.49. The zero-order chi connectivity index (χ0) is 13.3. The largest absolute Gasteiger partial charge is 0.481 e. The fourth-order valence-corrected chi connectivity index (χ4v) is 3.44. The van der Waals surface area contributed by atoms with Crippen molar-refractivity contribution in [3.63, 3.8) is 0 Å². The Hall–Kier alpha value is -0.990. The van der Waals surface area contributed by atoms with Crippen molar-refractivity contribution in [3.8, 4) is 0 Å². The van der Waals surface area contributed by atoms with E-state index in [1.165, 1.54) is 16.6 Å². The van der Waals surface area contributed by atoms with Gasteiger partial charge in [-0.25, -0.2) is 13.4 Å². The lowest BCUT2D eigenvalue weighted by molar-refractivity contribution is -0.141. The van der Waals surface area contributed by atoms with E-state index in [0.29, 0.717) is 10.9 Å². The zero-order valence-corrected chi connectivity index (χ0v) is 11.7. The predicted octanol–water partition coefficient (Wildman–Crippen LogP) is 0.939. The number of nitrogens with zero attached hydrogens (tertiary/aromatic N) is 2. The maximum Gasteiger partial charge on any atom is 0.307 e. The molecule has 0 amide bonds. The number of pyridine rings is 1. The summed E-state index contributed by atoms with van der Waals surface area (Å²) < 4.78 is 26.2. The first kappa shape index (κ1) is 13.4. The van der Waals surface area contributed by atoms with E-state index in [-0.39, 0.29) is 18.1 Å². The Bertz CT molecular complexity index is 558. The summed E-state index contributed by atoms with van der Waals surface area (Å²) in [5.74, 6) is -1.59. The molecular formula is C10H11BrN2O4S. The highest BCUT2D eigenvalue weighted by Crippen LogP contribution is 2.23. The SMILES string of the molecule is O=C(O)C1CCN(S(=O)(=O)c2ccc(Br)cn2)C1. The number of hydrogen-bond donors (Lipinski definition) is 1. The molecule has 1 unspecified atom stereocenters. The summed E-state index contributed by atoms with van der Waals surface area (Å²) in [5, 5.41) is 8.80. The maximum absolute atomic E-state index is 12.2. The van der Waals surface area contributed by atoms with Crippen LogP contribution in [0.2, 0.25) is 0 Å². The van der Waals surface area contributed by atoms with Gasteiger partial charge in [0.1, 0.15) is 0 Å². The van der Waals surface area contributed by atoms with Crippen molar-refractivity contribution in [2.24, 2.45) is 5.92 Å². The highest BCUT2D eigenvalue weighted by atomic mass is 79.9. The van der Waals surface area contributed by atoms with Gasteiger partial charge in [0.25, 0.3) is 10.0 Å². The van der Waals surface area contributed by atoms with E-state index < -0.39 is 21.9 Å². The molecule has 18 heavy (non-hydrogen) atoms. The second-order valence-electron chi connectivity index (χ2n) is 4.00. The van der Waals surface area contributed by atoms with Gasteiger partial charge in [-0.05, 0) is 34.5 Å². The average Bonchev–Trinajstić information content (AvgIpc) is 2.79. The Kier molecular flexibility index (Phi) is 3.69. The third kappa shape index (κ3) is 2.55. The molecule has 1 aromatic rings. The lowest BCUT2D eigenvalue weighted by Gasteiger charge is -2.14. The Morgan fingerprint density at radius 1 is 1.50 bits per heavy atom. The molecule has 0 saturated carbocycles. The molecule has 1 fully saturated rings. The van der Waals surface area contributed by atoms with Crippen LogP contribution in [-0.4, -0.2) is 41.9 Å². The zero-order valence-electron chi connectivity index (χ0n) is 9.28. The van der Waals surface area contributed by atoms with E-state index >= 15 is 0 Å². The molecule has 0 aromatic carbocycles. The Morgan fingerprint density at radius 2 is 2.22 bits per heavy atom. The smallest absolute Gasteiger partial charge is 0.307 e. The normalized spacial score (nSPS) is 21.1.